The Hall–Kier alpha value is -2.36. The van der Waals surface area contributed by atoms with E-state index in [9.17, 15) is 9.18 Å². The highest BCUT2D eigenvalue weighted by molar-refractivity contribution is 5.81. The minimum atomic E-state index is -0.588. The van der Waals surface area contributed by atoms with E-state index in [1.165, 1.54) is 12.1 Å². The van der Waals surface area contributed by atoms with Gasteiger partial charge in [-0.15, -0.1) is 0 Å². The second-order valence-corrected chi connectivity index (χ2v) is 5.25. The first-order chi connectivity index (χ1) is 10.5. The van der Waals surface area contributed by atoms with E-state index < -0.39 is 6.10 Å². The van der Waals surface area contributed by atoms with Crippen molar-refractivity contribution in [2.45, 2.75) is 26.0 Å². The van der Waals surface area contributed by atoms with Gasteiger partial charge in [-0.1, -0.05) is 30.3 Å². The first kappa shape index (κ1) is 16.0. The lowest BCUT2D eigenvalue weighted by Crippen LogP contribution is -2.39. The van der Waals surface area contributed by atoms with Gasteiger partial charge in [0.25, 0.3) is 5.91 Å². The van der Waals surface area contributed by atoms with Gasteiger partial charge in [-0.2, -0.15) is 0 Å². The summed E-state index contributed by atoms with van der Waals surface area (Å²) >= 11 is 0. The van der Waals surface area contributed by atoms with E-state index in [1.54, 1.807) is 31.0 Å². The van der Waals surface area contributed by atoms with Crippen molar-refractivity contribution in [1.82, 2.24) is 4.90 Å². The fourth-order valence-electron chi connectivity index (χ4n) is 2.20. The summed E-state index contributed by atoms with van der Waals surface area (Å²) < 4.78 is 18.6. The standard InChI is InChI=1S/C18H20FNO2/c1-13(15-9-11-16(19)12-10-15)20(3)18(21)14(2)22-17-7-5-4-6-8-17/h4-14H,1-3H3. The van der Waals surface area contributed by atoms with Crippen molar-refractivity contribution >= 4 is 5.91 Å². The number of para-hydroxylation sites is 1. The van der Waals surface area contributed by atoms with Gasteiger partial charge in [-0.25, -0.2) is 4.39 Å². The fraction of sp³-hybridized carbons (Fsp3) is 0.278. The van der Waals surface area contributed by atoms with Crippen LogP contribution in [0, 0.1) is 5.82 Å². The van der Waals surface area contributed by atoms with Gasteiger partial charge in [-0.3, -0.25) is 4.79 Å². The molecule has 2 aromatic rings. The maximum Gasteiger partial charge on any atom is 0.263 e. The number of halogens is 1. The minimum absolute atomic E-state index is 0.124. The monoisotopic (exact) mass is 301 g/mol. The maximum atomic E-state index is 13.0. The van der Waals surface area contributed by atoms with Crippen molar-refractivity contribution in [2.24, 2.45) is 0 Å². The van der Waals surface area contributed by atoms with Crippen LogP contribution in [0.15, 0.2) is 54.6 Å². The van der Waals surface area contributed by atoms with Crippen LogP contribution in [-0.4, -0.2) is 24.0 Å². The number of likely N-dealkylation sites (N-methyl/N-ethyl adjacent to an activating group) is 1. The molecule has 3 nitrogen and oxygen atoms in total. The number of hydrogen-bond donors (Lipinski definition) is 0. The van der Waals surface area contributed by atoms with E-state index in [1.807, 2.05) is 37.3 Å². The molecule has 4 heteroatoms. The van der Waals surface area contributed by atoms with Crippen LogP contribution in [-0.2, 0) is 4.79 Å². The molecule has 2 rings (SSSR count). The highest BCUT2D eigenvalue weighted by Gasteiger charge is 2.23. The number of nitrogens with zero attached hydrogens (tertiary/aromatic N) is 1. The number of rotatable bonds is 5. The fourth-order valence-corrected chi connectivity index (χ4v) is 2.20. The summed E-state index contributed by atoms with van der Waals surface area (Å²) in [6.07, 6.45) is -0.588. The first-order valence-corrected chi connectivity index (χ1v) is 7.23. The zero-order valence-electron chi connectivity index (χ0n) is 13.0. The van der Waals surface area contributed by atoms with Crippen LogP contribution in [0.5, 0.6) is 5.75 Å². The summed E-state index contributed by atoms with van der Waals surface area (Å²) in [5.41, 5.74) is 0.879. The Morgan fingerprint density at radius 2 is 1.64 bits per heavy atom. The molecule has 22 heavy (non-hydrogen) atoms. The van der Waals surface area contributed by atoms with E-state index in [4.69, 9.17) is 4.74 Å². The maximum absolute atomic E-state index is 13.0. The molecule has 2 aromatic carbocycles. The molecular weight excluding hydrogens is 281 g/mol. The highest BCUT2D eigenvalue weighted by Crippen LogP contribution is 2.21. The summed E-state index contributed by atoms with van der Waals surface area (Å²) in [6, 6.07) is 15.2. The zero-order valence-corrected chi connectivity index (χ0v) is 13.0. The van der Waals surface area contributed by atoms with Gasteiger partial charge in [0.2, 0.25) is 0 Å². The molecule has 2 atom stereocenters. The van der Waals surface area contributed by atoms with Gasteiger partial charge in [0.05, 0.1) is 6.04 Å². The van der Waals surface area contributed by atoms with Crippen molar-refractivity contribution in [3.05, 3.63) is 66.0 Å². The Balaban J connectivity index is 2.02. The second-order valence-electron chi connectivity index (χ2n) is 5.25. The Labute approximate surface area is 130 Å². The third kappa shape index (κ3) is 3.85. The van der Waals surface area contributed by atoms with Gasteiger partial charge in [-0.05, 0) is 43.7 Å². The summed E-state index contributed by atoms with van der Waals surface area (Å²) in [5.74, 6) is 0.248. The van der Waals surface area contributed by atoms with Crippen molar-refractivity contribution < 1.29 is 13.9 Å². The SMILES string of the molecule is CC(Oc1ccccc1)C(=O)N(C)C(C)c1ccc(F)cc1. The van der Waals surface area contributed by atoms with Crippen LogP contribution in [0.2, 0.25) is 0 Å². The third-order valence-corrected chi connectivity index (χ3v) is 3.68. The number of carbonyl (C=O) groups is 1. The van der Waals surface area contributed by atoms with Gasteiger partial charge in [0.15, 0.2) is 6.10 Å². The Kier molecular flexibility index (Phi) is 5.15. The molecule has 0 heterocycles. The highest BCUT2D eigenvalue weighted by atomic mass is 19.1. The van der Waals surface area contributed by atoms with Gasteiger partial charge in [0, 0.05) is 7.05 Å². The van der Waals surface area contributed by atoms with Crippen LogP contribution in [0.1, 0.15) is 25.5 Å². The molecule has 2 unspecified atom stereocenters. The molecule has 0 saturated heterocycles. The predicted molar refractivity (Wildman–Crippen MR) is 84.1 cm³/mol. The molecule has 0 aliphatic heterocycles. The molecule has 116 valence electrons. The van der Waals surface area contributed by atoms with Crippen molar-refractivity contribution in [1.29, 1.82) is 0 Å². The molecule has 0 spiro atoms. The van der Waals surface area contributed by atoms with Gasteiger partial charge < -0.3 is 9.64 Å². The molecule has 0 aliphatic rings. The molecule has 0 fully saturated rings. The van der Waals surface area contributed by atoms with E-state index in [0.717, 1.165) is 5.56 Å². The van der Waals surface area contributed by atoms with Gasteiger partial charge >= 0.3 is 0 Å². The average molecular weight is 301 g/mol. The third-order valence-electron chi connectivity index (χ3n) is 3.68. The molecule has 1 amide bonds. The van der Waals surface area contributed by atoms with Crippen LogP contribution in [0.3, 0.4) is 0 Å². The number of carbonyl (C=O) groups excluding carboxylic acids is 1. The normalized spacial score (nSPS) is 13.3. The number of amides is 1. The van der Waals surface area contributed by atoms with Crippen LogP contribution in [0.4, 0.5) is 4.39 Å². The zero-order chi connectivity index (χ0) is 16.1. The molecular formula is C18H20FNO2. The van der Waals surface area contributed by atoms with E-state index >= 15 is 0 Å². The van der Waals surface area contributed by atoms with E-state index in [0.29, 0.717) is 5.75 Å². The predicted octanol–water partition coefficient (Wildman–Crippen LogP) is 3.81. The lowest BCUT2D eigenvalue weighted by Gasteiger charge is -2.28. The van der Waals surface area contributed by atoms with Gasteiger partial charge in [0.1, 0.15) is 11.6 Å². The molecule has 0 N–H and O–H groups in total. The lowest BCUT2D eigenvalue weighted by molar-refractivity contribution is -0.138. The number of benzene rings is 2. The quantitative estimate of drug-likeness (QED) is 0.840. The Morgan fingerprint density at radius 3 is 2.23 bits per heavy atom. The second kappa shape index (κ2) is 7.07. The number of ether oxygens (including phenoxy) is 1. The molecule has 0 radical (unpaired) electrons. The molecule has 0 saturated carbocycles. The van der Waals surface area contributed by atoms with Crippen molar-refractivity contribution in [3.8, 4) is 5.75 Å². The van der Waals surface area contributed by atoms with E-state index in [2.05, 4.69) is 0 Å². The van der Waals surface area contributed by atoms with Crippen LogP contribution >= 0.6 is 0 Å². The molecule has 0 aliphatic carbocycles. The average Bonchev–Trinajstić information content (AvgIpc) is 2.54. The largest absolute Gasteiger partial charge is 0.481 e. The van der Waals surface area contributed by atoms with Crippen molar-refractivity contribution in [2.75, 3.05) is 7.05 Å². The topological polar surface area (TPSA) is 29.5 Å². The van der Waals surface area contributed by atoms with Crippen LogP contribution in [0.25, 0.3) is 0 Å². The summed E-state index contributed by atoms with van der Waals surface area (Å²) in [5, 5.41) is 0. The Morgan fingerprint density at radius 1 is 1.05 bits per heavy atom. The van der Waals surface area contributed by atoms with Crippen LogP contribution < -0.4 is 4.74 Å². The van der Waals surface area contributed by atoms with E-state index in [-0.39, 0.29) is 17.8 Å². The molecule has 0 aromatic heterocycles. The Bertz CT molecular complexity index is 613. The smallest absolute Gasteiger partial charge is 0.263 e. The first-order valence-electron chi connectivity index (χ1n) is 7.23. The minimum Gasteiger partial charge on any atom is -0.481 e. The summed E-state index contributed by atoms with van der Waals surface area (Å²) in [7, 11) is 1.72. The number of hydrogen-bond acceptors (Lipinski definition) is 2. The summed E-state index contributed by atoms with van der Waals surface area (Å²) in [4.78, 5) is 14.1. The summed E-state index contributed by atoms with van der Waals surface area (Å²) in [6.45, 7) is 3.63. The van der Waals surface area contributed by atoms with Crippen molar-refractivity contribution in [3.63, 3.8) is 0 Å². The molecule has 0 bridgehead atoms. The lowest BCUT2D eigenvalue weighted by atomic mass is 10.1.